The molecule has 0 saturated carbocycles. The van der Waals surface area contributed by atoms with Gasteiger partial charge in [-0.1, -0.05) is 11.6 Å². The number of hydrogen-bond acceptors (Lipinski definition) is 4. The highest BCUT2D eigenvalue weighted by atomic mass is 79.9. The first kappa shape index (κ1) is 16.9. The Bertz CT molecular complexity index is 521. The first-order valence-corrected chi connectivity index (χ1v) is 7.13. The molecule has 0 heterocycles. The number of carbonyl (C=O) groups is 1. The Morgan fingerprint density at radius 3 is 2.65 bits per heavy atom. The number of phenols is 1. The maximum absolute atomic E-state index is 10.8. The Labute approximate surface area is 129 Å². The minimum Gasteiger partial charge on any atom is -0.506 e. The normalized spacial score (nSPS) is 12.2. The third-order valence-corrected chi connectivity index (χ3v) is 3.74. The first-order chi connectivity index (χ1) is 9.36. The lowest BCUT2D eigenvalue weighted by Crippen LogP contribution is -2.16. The molecule has 0 aromatic heterocycles. The van der Waals surface area contributed by atoms with Gasteiger partial charge in [-0.15, -0.1) is 0 Å². The molecule has 0 radical (unpaired) electrons. The summed E-state index contributed by atoms with van der Waals surface area (Å²) in [5.74, 6) is -1.70. The zero-order valence-corrected chi connectivity index (χ0v) is 12.9. The van der Waals surface area contributed by atoms with Gasteiger partial charge < -0.3 is 15.3 Å². The van der Waals surface area contributed by atoms with Crippen molar-refractivity contribution in [2.75, 3.05) is 6.61 Å². The molecule has 0 amide bonds. The Hall–Kier alpha value is -1.11. The van der Waals surface area contributed by atoms with Crippen LogP contribution in [0.1, 0.15) is 30.7 Å². The van der Waals surface area contributed by atoms with Gasteiger partial charge in [0.2, 0.25) is 0 Å². The van der Waals surface area contributed by atoms with E-state index in [1.807, 2.05) is 0 Å². The van der Waals surface area contributed by atoms with E-state index in [-0.39, 0.29) is 24.7 Å². The SMILES string of the molecule is N=C(CC(CCCO)c1cc(Cl)cc(Br)c1O)C(=O)O. The molecule has 1 atom stereocenters. The maximum atomic E-state index is 10.8. The monoisotopic (exact) mass is 363 g/mol. The first-order valence-electron chi connectivity index (χ1n) is 5.96. The number of carboxylic acids is 1. The molecule has 110 valence electrons. The van der Waals surface area contributed by atoms with Crippen LogP contribution in [0.4, 0.5) is 0 Å². The average Bonchev–Trinajstić information content (AvgIpc) is 2.38. The third-order valence-electron chi connectivity index (χ3n) is 2.92. The summed E-state index contributed by atoms with van der Waals surface area (Å²) in [6, 6.07) is 3.09. The summed E-state index contributed by atoms with van der Waals surface area (Å²) in [4.78, 5) is 10.8. The molecule has 0 aliphatic rings. The molecule has 0 bridgehead atoms. The highest BCUT2D eigenvalue weighted by molar-refractivity contribution is 9.10. The van der Waals surface area contributed by atoms with Crippen molar-refractivity contribution in [1.29, 1.82) is 5.41 Å². The van der Waals surface area contributed by atoms with Crippen LogP contribution in [0.15, 0.2) is 16.6 Å². The third kappa shape index (κ3) is 4.47. The lowest BCUT2D eigenvalue weighted by atomic mass is 9.88. The predicted octanol–water partition coefficient (Wildman–Crippen LogP) is 3.16. The number of aromatic hydroxyl groups is 1. The number of benzene rings is 1. The molecule has 4 N–H and O–H groups in total. The summed E-state index contributed by atoms with van der Waals surface area (Å²) in [7, 11) is 0. The van der Waals surface area contributed by atoms with Crippen molar-refractivity contribution in [1.82, 2.24) is 0 Å². The molecule has 1 aromatic rings. The zero-order valence-electron chi connectivity index (χ0n) is 10.6. The summed E-state index contributed by atoms with van der Waals surface area (Å²) < 4.78 is 0.413. The molecule has 5 nitrogen and oxygen atoms in total. The van der Waals surface area contributed by atoms with Crippen LogP contribution >= 0.6 is 27.5 Å². The van der Waals surface area contributed by atoms with Crippen molar-refractivity contribution in [3.63, 3.8) is 0 Å². The standard InChI is InChI=1S/C13H15BrClNO4/c14-10-6-8(15)5-9(12(10)18)7(2-1-3-17)4-11(16)13(19)20/h5-7,16-18H,1-4H2,(H,19,20). The van der Waals surface area contributed by atoms with Crippen LogP contribution < -0.4 is 0 Å². The van der Waals surface area contributed by atoms with Gasteiger partial charge in [-0.2, -0.15) is 0 Å². The number of aliphatic carboxylic acids is 1. The van der Waals surface area contributed by atoms with Crippen molar-refractivity contribution in [2.24, 2.45) is 0 Å². The van der Waals surface area contributed by atoms with Gasteiger partial charge in [0.05, 0.1) is 4.47 Å². The number of aliphatic hydroxyl groups is 1. The number of phenolic OH excluding ortho intramolecular Hbond substituents is 1. The molecule has 0 aliphatic heterocycles. The van der Waals surface area contributed by atoms with Crippen molar-refractivity contribution in [2.45, 2.75) is 25.2 Å². The van der Waals surface area contributed by atoms with Crippen molar-refractivity contribution < 1.29 is 20.1 Å². The van der Waals surface area contributed by atoms with Crippen LogP contribution in [0.3, 0.4) is 0 Å². The molecule has 1 rings (SSSR count). The van der Waals surface area contributed by atoms with Gasteiger partial charge >= 0.3 is 5.97 Å². The molecular weight excluding hydrogens is 350 g/mol. The quantitative estimate of drug-likeness (QED) is 0.558. The van der Waals surface area contributed by atoms with Crippen LogP contribution in [-0.4, -0.2) is 33.6 Å². The van der Waals surface area contributed by atoms with Crippen LogP contribution in [0, 0.1) is 5.41 Å². The van der Waals surface area contributed by atoms with E-state index in [1.54, 1.807) is 6.07 Å². The van der Waals surface area contributed by atoms with Crippen LogP contribution in [0.25, 0.3) is 0 Å². The molecule has 0 fully saturated rings. The second kappa shape index (κ2) is 7.61. The number of aliphatic hydroxyl groups excluding tert-OH is 1. The number of rotatable bonds is 7. The minimum absolute atomic E-state index is 0.0180. The van der Waals surface area contributed by atoms with Crippen LogP contribution in [0.2, 0.25) is 5.02 Å². The Kier molecular flexibility index (Phi) is 6.45. The van der Waals surface area contributed by atoms with Gasteiger partial charge in [0, 0.05) is 18.1 Å². The van der Waals surface area contributed by atoms with E-state index >= 15 is 0 Å². The van der Waals surface area contributed by atoms with Crippen LogP contribution in [-0.2, 0) is 4.79 Å². The Balaban J connectivity index is 3.10. The second-order valence-electron chi connectivity index (χ2n) is 4.38. The van der Waals surface area contributed by atoms with E-state index in [2.05, 4.69) is 15.9 Å². The fourth-order valence-corrected chi connectivity index (χ4v) is 2.77. The number of hydrogen-bond donors (Lipinski definition) is 4. The highest BCUT2D eigenvalue weighted by Gasteiger charge is 2.22. The molecule has 0 aliphatic carbocycles. The van der Waals surface area contributed by atoms with E-state index in [0.717, 1.165) is 0 Å². The zero-order chi connectivity index (χ0) is 15.3. The second-order valence-corrected chi connectivity index (χ2v) is 5.67. The molecule has 7 heteroatoms. The van der Waals surface area contributed by atoms with Crippen LogP contribution in [0.5, 0.6) is 5.75 Å². The highest BCUT2D eigenvalue weighted by Crippen LogP contribution is 2.39. The van der Waals surface area contributed by atoms with E-state index < -0.39 is 11.7 Å². The van der Waals surface area contributed by atoms with E-state index in [1.165, 1.54) is 6.07 Å². The molecule has 1 unspecified atom stereocenters. The minimum atomic E-state index is -1.29. The van der Waals surface area contributed by atoms with Crippen molar-refractivity contribution in [3.05, 3.63) is 27.2 Å². The lowest BCUT2D eigenvalue weighted by Gasteiger charge is -2.18. The Morgan fingerprint density at radius 2 is 2.10 bits per heavy atom. The molecule has 20 heavy (non-hydrogen) atoms. The Morgan fingerprint density at radius 1 is 1.45 bits per heavy atom. The summed E-state index contributed by atoms with van der Waals surface area (Å²) in [5.41, 5.74) is 0.0345. The topological polar surface area (TPSA) is 102 Å². The molecule has 0 saturated heterocycles. The van der Waals surface area contributed by atoms with Gasteiger partial charge in [0.25, 0.3) is 0 Å². The lowest BCUT2D eigenvalue weighted by molar-refractivity contribution is -0.129. The van der Waals surface area contributed by atoms with E-state index in [9.17, 15) is 9.90 Å². The maximum Gasteiger partial charge on any atom is 0.349 e. The molecular formula is C13H15BrClNO4. The predicted molar refractivity (Wildman–Crippen MR) is 79.9 cm³/mol. The van der Waals surface area contributed by atoms with Gasteiger partial charge in [-0.05, 0) is 52.4 Å². The fraction of sp³-hybridized carbons (Fsp3) is 0.385. The smallest absolute Gasteiger partial charge is 0.349 e. The number of halogens is 2. The van der Waals surface area contributed by atoms with E-state index in [4.69, 9.17) is 27.2 Å². The average molecular weight is 365 g/mol. The van der Waals surface area contributed by atoms with Gasteiger partial charge in [0.15, 0.2) is 0 Å². The van der Waals surface area contributed by atoms with Crippen molar-refractivity contribution >= 4 is 39.2 Å². The molecule has 0 spiro atoms. The molecule has 1 aromatic carbocycles. The summed E-state index contributed by atoms with van der Waals surface area (Å²) >= 11 is 9.11. The largest absolute Gasteiger partial charge is 0.506 e. The summed E-state index contributed by atoms with van der Waals surface area (Å²) in [6.45, 7) is -0.0423. The summed E-state index contributed by atoms with van der Waals surface area (Å²) in [6.07, 6.45) is 0.864. The summed E-state index contributed by atoms with van der Waals surface area (Å²) in [5, 5.41) is 35.6. The van der Waals surface area contributed by atoms with Gasteiger partial charge in [-0.25, -0.2) is 4.79 Å². The van der Waals surface area contributed by atoms with Gasteiger partial charge in [0.1, 0.15) is 11.5 Å². The van der Waals surface area contributed by atoms with Crippen molar-refractivity contribution in [3.8, 4) is 5.75 Å². The fourth-order valence-electron chi connectivity index (χ4n) is 1.94. The van der Waals surface area contributed by atoms with Gasteiger partial charge in [-0.3, -0.25) is 5.41 Å². The number of carboxylic acid groups (broad SMARTS) is 1. The van der Waals surface area contributed by atoms with E-state index in [0.29, 0.717) is 27.9 Å². The number of nitrogens with one attached hydrogen (secondary N) is 1.